The summed E-state index contributed by atoms with van der Waals surface area (Å²) in [6.45, 7) is 3.79. The van der Waals surface area contributed by atoms with Gasteiger partial charge in [-0.15, -0.1) is 0 Å². The van der Waals surface area contributed by atoms with Gasteiger partial charge >= 0.3 is 0 Å². The van der Waals surface area contributed by atoms with Gasteiger partial charge in [-0.2, -0.15) is 4.99 Å². The molecule has 122 valence electrons. The van der Waals surface area contributed by atoms with Crippen molar-refractivity contribution in [3.8, 4) is 0 Å². The highest BCUT2D eigenvalue weighted by Crippen LogP contribution is 2.29. The van der Waals surface area contributed by atoms with E-state index in [0.717, 1.165) is 36.7 Å². The lowest BCUT2D eigenvalue weighted by Gasteiger charge is -2.16. The van der Waals surface area contributed by atoms with E-state index < -0.39 is 5.25 Å². The van der Waals surface area contributed by atoms with Crippen LogP contribution in [0.5, 0.6) is 0 Å². The molecule has 3 rings (SSSR count). The molecular weight excluding hydrogens is 334 g/mol. The average molecular weight is 352 g/mol. The van der Waals surface area contributed by atoms with Crippen molar-refractivity contribution in [2.75, 3.05) is 18.4 Å². The maximum atomic E-state index is 12.2. The van der Waals surface area contributed by atoms with E-state index in [1.165, 1.54) is 11.8 Å². The van der Waals surface area contributed by atoms with Gasteiger partial charge in [-0.05, 0) is 37.5 Å². The van der Waals surface area contributed by atoms with Gasteiger partial charge in [0.05, 0.1) is 0 Å². The van der Waals surface area contributed by atoms with Crippen LogP contribution in [0.4, 0.5) is 5.69 Å². The molecule has 2 amide bonds. The normalized spacial score (nSPS) is 20.8. The van der Waals surface area contributed by atoms with Crippen LogP contribution in [0.3, 0.4) is 0 Å². The fourth-order valence-electron chi connectivity index (χ4n) is 2.60. The first kappa shape index (κ1) is 16.3. The third-order valence-corrected chi connectivity index (χ3v) is 5.55. The number of hydrogen-bond acceptors (Lipinski definition) is 4. The van der Waals surface area contributed by atoms with E-state index >= 15 is 0 Å². The summed E-state index contributed by atoms with van der Waals surface area (Å²) >= 11 is 7.45. The molecule has 5 nitrogen and oxygen atoms in total. The summed E-state index contributed by atoms with van der Waals surface area (Å²) in [6.07, 6.45) is 2.38. The van der Waals surface area contributed by atoms with Gasteiger partial charge in [-0.1, -0.05) is 29.4 Å². The van der Waals surface area contributed by atoms with Crippen LogP contribution >= 0.6 is 23.4 Å². The van der Waals surface area contributed by atoms with Crippen LogP contribution < -0.4 is 5.32 Å². The predicted octanol–water partition coefficient (Wildman–Crippen LogP) is 3.07. The van der Waals surface area contributed by atoms with Crippen LogP contribution in [0.2, 0.25) is 5.02 Å². The quantitative estimate of drug-likeness (QED) is 0.909. The lowest BCUT2D eigenvalue weighted by molar-refractivity contribution is -0.121. The number of halogens is 1. The topological polar surface area (TPSA) is 61.8 Å². The Labute approximate surface area is 144 Å². The zero-order valence-corrected chi connectivity index (χ0v) is 14.4. The second-order valence-corrected chi connectivity index (χ2v) is 7.33. The number of thioether (sulfide) groups is 1. The minimum Gasteiger partial charge on any atom is -0.351 e. The predicted molar refractivity (Wildman–Crippen MR) is 94.1 cm³/mol. The molecule has 1 unspecified atom stereocenters. The zero-order valence-electron chi connectivity index (χ0n) is 12.8. The Morgan fingerprint density at radius 2 is 2.17 bits per heavy atom. The lowest BCUT2D eigenvalue weighted by Crippen LogP contribution is -2.25. The number of carbonyl (C=O) groups excluding carboxylic acids is 2. The van der Waals surface area contributed by atoms with Crippen molar-refractivity contribution >= 4 is 46.0 Å². The first-order valence-electron chi connectivity index (χ1n) is 7.63. The van der Waals surface area contributed by atoms with Crippen molar-refractivity contribution in [3.05, 3.63) is 28.8 Å². The van der Waals surface area contributed by atoms with E-state index in [4.69, 9.17) is 11.6 Å². The van der Waals surface area contributed by atoms with E-state index in [9.17, 15) is 9.59 Å². The van der Waals surface area contributed by atoms with Crippen LogP contribution in [0, 0.1) is 6.92 Å². The molecule has 2 aliphatic rings. The summed E-state index contributed by atoms with van der Waals surface area (Å²) in [5.74, 6) is -0.414. The Morgan fingerprint density at radius 3 is 2.87 bits per heavy atom. The zero-order chi connectivity index (χ0) is 16.4. The molecule has 1 N–H and O–H groups in total. The van der Waals surface area contributed by atoms with Crippen molar-refractivity contribution in [1.29, 1.82) is 0 Å². The van der Waals surface area contributed by atoms with Gasteiger partial charge in [0.25, 0.3) is 5.91 Å². The first-order chi connectivity index (χ1) is 11.0. The highest BCUT2D eigenvalue weighted by atomic mass is 35.5. The summed E-state index contributed by atoms with van der Waals surface area (Å²) in [6, 6.07) is 5.36. The van der Waals surface area contributed by atoms with Gasteiger partial charge in [0.1, 0.15) is 5.25 Å². The van der Waals surface area contributed by atoms with Crippen LogP contribution in [0.25, 0.3) is 0 Å². The van der Waals surface area contributed by atoms with Crippen LogP contribution in [-0.2, 0) is 9.59 Å². The molecule has 0 bridgehead atoms. The van der Waals surface area contributed by atoms with Crippen LogP contribution in [0.1, 0.15) is 24.8 Å². The van der Waals surface area contributed by atoms with Gasteiger partial charge in [-0.25, -0.2) is 0 Å². The molecule has 0 saturated carbocycles. The molecule has 23 heavy (non-hydrogen) atoms. The summed E-state index contributed by atoms with van der Waals surface area (Å²) in [5.41, 5.74) is 1.59. The molecule has 0 aromatic heterocycles. The summed E-state index contributed by atoms with van der Waals surface area (Å²) in [4.78, 5) is 30.4. The number of amidine groups is 1. The molecule has 2 aliphatic heterocycles. The van der Waals surface area contributed by atoms with Gasteiger partial charge in [0.15, 0.2) is 5.17 Å². The molecule has 1 aromatic carbocycles. The fourth-order valence-corrected chi connectivity index (χ4v) is 3.90. The Morgan fingerprint density at radius 1 is 1.43 bits per heavy atom. The second kappa shape index (κ2) is 6.93. The Kier molecular flexibility index (Phi) is 4.92. The van der Waals surface area contributed by atoms with Gasteiger partial charge < -0.3 is 10.2 Å². The number of nitrogens with one attached hydrogen (secondary N) is 1. The number of hydrogen-bond donors (Lipinski definition) is 1. The number of aliphatic imine (C=N–C) groups is 1. The standard InChI is InChI=1S/C16H18ClN3O2S/c1-10-4-5-11(8-12(10)17)18-14(21)9-13-15(22)19-16(23-13)20-6-2-3-7-20/h4-5,8,13H,2-3,6-7,9H2,1H3,(H,18,21). The molecule has 0 radical (unpaired) electrons. The van der Waals surface area contributed by atoms with E-state index in [2.05, 4.69) is 15.2 Å². The van der Waals surface area contributed by atoms with Crippen LogP contribution in [-0.4, -0.2) is 40.2 Å². The first-order valence-corrected chi connectivity index (χ1v) is 8.89. The molecule has 2 heterocycles. The van der Waals surface area contributed by atoms with E-state index in [-0.39, 0.29) is 18.2 Å². The van der Waals surface area contributed by atoms with Crippen LogP contribution in [0.15, 0.2) is 23.2 Å². The number of likely N-dealkylation sites (tertiary alicyclic amines) is 1. The molecule has 1 atom stereocenters. The van der Waals surface area contributed by atoms with Crippen molar-refractivity contribution < 1.29 is 9.59 Å². The van der Waals surface area contributed by atoms with E-state index in [1.54, 1.807) is 12.1 Å². The minimum absolute atomic E-state index is 0.121. The van der Waals surface area contributed by atoms with Crippen molar-refractivity contribution in [1.82, 2.24) is 4.90 Å². The maximum Gasteiger partial charge on any atom is 0.262 e. The molecule has 1 saturated heterocycles. The van der Waals surface area contributed by atoms with Crippen molar-refractivity contribution in [2.24, 2.45) is 4.99 Å². The second-order valence-electron chi connectivity index (χ2n) is 5.75. The summed E-state index contributed by atoms with van der Waals surface area (Å²) in [7, 11) is 0. The monoisotopic (exact) mass is 351 g/mol. The molecule has 0 aliphatic carbocycles. The number of benzene rings is 1. The highest BCUT2D eigenvalue weighted by molar-refractivity contribution is 8.15. The van der Waals surface area contributed by atoms with Gasteiger partial charge in [0.2, 0.25) is 5.91 Å². The number of anilines is 1. The summed E-state index contributed by atoms with van der Waals surface area (Å²) in [5, 5.41) is 3.74. The number of rotatable bonds is 3. The third-order valence-electron chi connectivity index (χ3n) is 3.93. The Balaban J connectivity index is 1.56. The third kappa shape index (κ3) is 3.87. The number of carbonyl (C=O) groups is 2. The van der Waals surface area contributed by atoms with Crippen molar-refractivity contribution in [3.63, 3.8) is 0 Å². The minimum atomic E-state index is -0.425. The molecule has 1 aromatic rings. The lowest BCUT2D eigenvalue weighted by atomic mass is 10.2. The summed E-state index contributed by atoms with van der Waals surface area (Å²) < 4.78 is 0. The largest absolute Gasteiger partial charge is 0.351 e. The molecule has 7 heteroatoms. The fraction of sp³-hybridized carbons (Fsp3) is 0.438. The average Bonchev–Trinajstić information content (AvgIpc) is 3.13. The molecule has 0 spiro atoms. The number of amides is 2. The highest BCUT2D eigenvalue weighted by Gasteiger charge is 2.33. The van der Waals surface area contributed by atoms with Gasteiger partial charge in [0, 0.05) is 30.2 Å². The Bertz CT molecular complexity index is 671. The maximum absolute atomic E-state index is 12.2. The number of aryl methyl sites for hydroxylation is 1. The number of nitrogens with zero attached hydrogens (tertiary/aromatic N) is 2. The Hall–Kier alpha value is -1.53. The molecular formula is C16H18ClN3O2S. The van der Waals surface area contributed by atoms with Crippen molar-refractivity contribution in [2.45, 2.75) is 31.4 Å². The van der Waals surface area contributed by atoms with E-state index in [0.29, 0.717) is 10.7 Å². The SMILES string of the molecule is Cc1ccc(NC(=O)CC2SC(N3CCCC3)=NC2=O)cc1Cl. The molecule has 1 fully saturated rings. The van der Waals surface area contributed by atoms with Gasteiger partial charge in [-0.3, -0.25) is 9.59 Å². The van der Waals surface area contributed by atoms with E-state index in [1.807, 2.05) is 13.0 Å². The smallest absolute Gasteiger partial charge is 0.262 e.